The fraction of sp³-hybridized carbons (Fsp3) is 0.0833. The number of aliphatic imine (C=N–C) groups is 1. The molecule has 1 N–H and O–H groups in total. The van der Waals surface area contributed by atoms with E-state index in [0.717, 1.165) is 22.6 Å². The number of rotatable bonds is 4. The van der Waals surface area contributed by atoms with E-state index >= 15 is 0 Å². The summed E-state index contributed by atoms with van der Waals surface area (Å²) in [5, 5.41) is 3.20. The van der Waals surface area contributed by atoms with Crippen LogP contribution in [-0.4, -0.2) is 15.5 Å². The van der Waals surface area contributed by atoms with E-state index in [4.69, 9.17) is 4.99 Å². The van der Waals surface area contributed by atoms with Gasteiger partial charge in [0.05, 0.1) is 22.6 Å². The van der Waals surface area contributed by atoms with Crippen molar-refractivity contribution in [1.29, 1.82) is 0 Å². The van der Waals surface area contributed by atoms with Gasteiger partial charge in [-0.2, -0.15) is 0 Å². The van der Waals surface area contributed by atoms with E-state index in [-0.39, 0.29) is 5.56 Å². The van der Waals surface area contributed by atoms with Crippen LogP contribution >= 0.6 is 0 Å². The van der Waals surface area contributed by atoms with Gasteiger partial charge in [-0.3, -0.25) is 9.89 Å². The van der Waals surface area contributed by atoms with Crippen LogP contribution in [0.5, 0.6) is 0 Å². The first-order valence-corrected chi connectivity index (χ1v) is 9.21. The van der Waals surface area contributed by atoms with Gasteiger partial charge in [0.2, 0.25) is 0 Å². The van der Waals surface area contributed by atoms with Crippen molar-refractivity contribution in [2.75, 3.05) is 0 Å². The molecule has 0 unspecified atom stereocenters. The highest BCUT2D eigenvalue weighted by atomic mass is 16.1. The van der Waals surface area contributed by atoms with Crippen molar-refractivity contribution in [2.45, 2.75) is 13.8 Å². The van der Waals surface area contributed by atoms with Gasteiger partial charge in [-0.15, -0.1) is 0 Å². The number of aromatic nitrogens is 2. The number of aryl methyl sites for hydroxylation is 2. The van der Waals surface area contributed by atoms with Gasteiger partial charge in [0.15, 0.2) is 0 Å². The van der Waals surface area contributed by atoms with Crippen molar-refractivity contribution >= 4 is 11.4 Å². The topological polar surface area (TPSA) is 50.1 Å². The molecule has 0 saturated carbocycles. The Labute approximate surface area is 163 Å². The third-order valence-electron chi connectivity index (χ3n) is 4.64. The molecule has 0 fully saturated rings. The lowest BCUT2D eigenvalue weighted by atomic mass is 10.0. The summed E-state index contributed by atoms with van der Waals surface area (Å²) >= 11 is 0. The molecule has 0 saturated heterocycles. The van der Waals surface area contributed by atoms with Crippen molar-refractivity contribution < 1.29 is 0 Å². The van der Waals surface area contributed by atoms with E-state index < -0.39 is 0 Å². The zero-order valence-corrected chi connectivity index (χ0v) is 15.9. The highest BCUT2D eigenvalue weighted by molar-refractivity contribution is 6.14. The standard InChI is InChI=1S/C24H21N3O/c1-17-13-15-20(16-14-17)25-23(19-9-5-3-6-10-19)22-18(2)26-27(24(22)28)21-11-7-4-8-12-21/h3-16,26H,1-2H3. The Balaban J connectivity index is 1.92. The molecule has 0 aliphatic carbocycles. The first-order chi connectivity index (χ1) is 13.6. The second-order valence-corrected chi connectivity index (χ2v) is 6.75. The molecule has 4 heteroatoms. The maximum absolute atomic E-state index is 13.3. The largest absolute Gasteiger partial charge is 0.295 e. The van der Waals surface area contributed by atoms with Crippen molar-refractivity contribution in [1.82, 2.24) is 9.78 Å². The van der Waals surface area contributed by atoms with Crippen LogP contribution in [0, 0.1) is 13.8 Å². The Bertz CT molecular complexity index is 1170. The summed E-state index contributed by atoms with van der Waals surface area (Å²) in [7, 11) is 0. The minimum Gasteiger partial charge on any atom is -0.295 e. The molecule has 3 aromatic carbocycles. The smallest absolute Gasteiger partial charge is 0.280 e. The number of hydrogen-bond acceptors (Lipinski definition) is 2. The molecule has 0 radical (unpaired) electrons. The number of benzene rings is 3. The van der Waals surface area contributed by atoms with Crippen molar-refractivity contribution in [2.24, 2.45) is 4.99 Å². The van der Waals surface area contributed by atoms with Gasteiger partial charge in [0, 0.05) is 11.3 Å². The lowest BCUT2D eigenvalue weighted by Crippen LogP contribution is -2.21. The van der Waals surface area contributed by atoms with E-state index in [2.05, 4.69) is 5.10 Å². The van der Waals surface area contributed by atoms with Crippen molar-refractivity contribution in [3.8, 4) is 5.69 Å². The van der Waals surface area contributed by atoms with Crippen LogP contribution in [0.1, 0.15) is 22.4 Å². The number of aromatic amines is 1. The lowest BCUT2D eigenvalue weighted by molar-refractivity contribution is 0.835. The third kappa shape index (κ3) is 3.45. The number of H-pyrrole nitrogens is 1. The van der Waals surface area contributed by atoms with Gasteiger partial charge in [0.25, 0.3) is 5.56 Å². The molecule has 0 amide bonds. The van der Waals surface area contributed by atoms with Gasteiger partial charge in [0.1, 0.15) is 0 Å². The van der Waals surface area contributed by atoms with E-state index in [1.54, 1.807) is 4.68 Å². The summed E-state index contributed by atoms with van der Waals surface area (Å²) in [4.78, 5) is 18.2. The summed E-state index contributed by atoms with van der Waals surface area (Å²) in [5.41, 5.74) is 5.60. The molecule has 4 nitrogen and oxygen atoms in total. The molecule has 138 valence electrons. The maximum atomic E-state index is 13.3. The minimum atomic E-state index is -0.113. The average Bonchev–Trinajstić information content (AvgIpc) is 3.03. The molecule has 0 aliphatic rings. The van der Waals surface area contributed by atoms with Gasteiger partial charge in [-0.1, -0.05) is 66.2 Å². The summed E-state index contributed by atoms with van der Waals surface area (Å²) in [5.74, 6) is 0. The highest BCUT2D eigenvalue weighted by Crippen LogP contribution is 2.19. The van der Waals surface area contributed by atoms with Gasteiger partial charge in [-0.25, -0.2) is 9.67 Å². The summed E-state index contributed by atoms with van der Waals surface area (Å²) < 4.78 is 1.57. The normalized spacial score (nSPS) is 11.6. The number of para-hydroxylation sites is 1. The summed E-state index contributed by atoms with van der Waals surface area (Å²) in [6, 6.07) is 27.4. The van der Waals surface area contributed by atoms with Gasteiger partial charge < -0.3 is 0 Å². The molecule has 4 rings (SSSR count). The quantitative estimate of drug-likeness (QED) is 0.510. The Kier molecular flexibility index (Phi) is 4.77. The Morgan fingerprint density at radius 2 is 1.43 bits per heavy atom. The lowest BCUT2D eigenvalue weighted by Gasteiger charge is -2.06. The van der Waals surface area contributed by atoms with E-state index in [1.807, 2.05) is 98.8 Å². The molecule has 0 atom stereocenters. The molecule has 1 aromatic heterocycles. The summed E-state index contributed by atoms with van der Waals surface area (Å²) in [6.07, 6.45) is 0. The minimum absolute atomic E-state index is 0.113. The van der Waals surface area contributed by atoms with E-state index in [9.17, 15) is 4.79 Å². The Hall–Kier alpha value is -3.66. The van der Waals surface area contributed by atoms with Crippen LogP contribution in [0.2, 0.25) is 0 Å². The number of nitrogens with zero attached hydrogens (tertiary/aromatic N) is 2. The predicted octanol–water partition coefficient (Wildman–Crippen LogP) is 4.95. The molecule has 0 aliphatic heterocycles. The molecule has 0 spiro atoms. The monoisotopic (exact) mass is 367 g/mol. The maximum Gasteiger partial charge on any atom is 0.280 e. The fourth-order valence-corrected chi connectivity index (χ4v) is 3.19. The van der Waals surface area contributed by atoms with Crippen LogP contribution in [0.4, 0.5) is 5.69 Å². The SMILES string of the molecule is Cc1ccc(N=C(c2ccccc2)c2c(C)[nH]n(-c3ccccc3)c2=O)cc1. The van der Waals surface area contributed by atoms with E-state index in [0.29, 0.717) is 11.3 Å². The molecular formula is C24H21N3O. The highest BCUT2D eigenvalue weighted by Gasteiger charge is 2.19. The van der Waals surface area contributed by atoms with E-state index in [1.165, 1.54) is 5.56 Å². The third-order valence-corrected chi connectivity index (χ3v) is 4.64. The van der Waals surface area contributed by atoms with Crippen LogP contribution in [0.3, 0.4) is 0 Å². The second kappa shape index (κ2) is 7.53. The first kappa shape index (κ1) is 17.7. The molecular weight excluding hydrogens is 346 g/mol. The summed E-state index contributed by atoms with van der Waals surface area (Å²) in [6.45, 7) is 3.95. The van der Waals surface area contributed by atoms with Gasteiger partial charge in [-0.05, 0) is 38.1 Å². The number of nitrogens with one attached hydrogen (secondary N) is 1. The van der Waals surface area contributed by atoms with Crippen molar-refractivity contribution in [3.63, 3.8) is 0 Å². The Morgan fingerprint density at radius 3 is 2.07 bits per heavy atom. The van der Waals surface area contributed by atoms with Gasteiger partial charge >= 0.3 is 0 Å². The number of hydrogen-bond donors (Lipinski definition) is 1. The van der Waals surface area contributed by atoms with Crippen LogP contribution in [-0.2, 0) is 0 Å². The first-order valence-electron chi connectivity index (χ1n) is 9.21. The Morgan fingerprint density at radius 1 is 0.821 bits per heavy atom. The molecule has 1 heterocycles. The predicted molar refractivity (Wildman–Crippen MR) is 114 cm³/mol. The average molecular weight is 367 g/mol. The zero-order valence-electron chi connectivity index (χ0n) is 15.9. The zero-order chi connectivity index (χ0) is 19.5. The fourth-order valence-electron chi connectivity index (χ4n) is 3.19. The van der Waals surface area contributed by atoms with Crippen molar-refractivity contribution in [3.05, 3.63) is 118 Å². The molecule has 4 aromatic rings. The van der Waals surface area contributed by atoms with Crippen LogP contribution in [0.15, 0.2) is 94.7 Å². The van der Waals surface area contributed by atoms with Crippen LogP contribution in [0.25, 0.3) is 5.69 Å². The molecule has 0 bridgehead atoms. The second-order valence-electron chi connectivity index (χ2n) is 6.75. The molecule has 28 heavy (non-hydrogen) atoms. The van der Waals surface area contributed by atoms with Crippen LogP contribution < -0.4 is 5.56 Å².